The molecule has 1 aromatic carbocycles. The van der Waals surface area contributed by atoms with E-state index in [9.17, 15) is 5.11 Å². The molecule has 1 fully saturated rings. The molecule has 1 aliphatic carbocycles. The molecule has 0 unspecified atom stereocenters. The minimum Gasteiger partial charge on any atom is -0.385 e. The third-order valence-corrected chi connectivity index (χ3v) is 3.70. The molecule has 18 heavy (non-hydrogen) atoms. The second kappa shape index (κ2) is 4.34. The van der Waals surface area contributed by atoms with E-state index in [1.165, 1.54) is 0 Å². The average Bonchev–Trinajstić information content (AvgIpc) is 2.36. The number of aromatic nitrogens is 1. The van der Waals surface area contributed by atoms with Gasteiger partial charge in [-0.15, -0.1) is 0 Å². The first-order valence-corrected chi connectivity index (χ1v) is 6.40. The van der Waals surface area contributed by atoms with Crippen molar-refractivity contribution in [2.24, 2.45) is 0 Å². The van der Waals surface area contributed by atoms with E-state index in [2.05, 4.69) is 4.98 Å². The number of fused-ring (bicyclic) bond motifs is 1. The van der Waals surface area contributed by atoms with Crippen molar-refractivity contribution in [3.8, 4) is 0 Å². The molecule has 0 saturated heterocycles. The van der Waals surface area contributed by atoms with Crippen LogP contribution in [0.3, 0.4) is 0 Å². The maximum atomic E-state index is 10.7. The molecule has 3 rings (SSSR count). The smallest absolute Gasteiger partial charge is 0.0966 e. The minimum atomic E-state index is -0.770. The number of aliphatic hydroxyl groups is 1. The summed E-state index contributed by atoms with van der Waals surface area (Å²) in [5, 5.41) is 12.8. The van der Waals surface area contributed by atoms with Crippen LogP contribution in [0.1, 0.15) is 25.3 Å². The Hall–Kier alpha value is -1.45. The Morgan fingerprint density at radius 3 is 2.89 bits per heavy atom. The van der Waals surface area contributed by atoms with Crippen LogP contribution in [0.25, 0.3) is 10.8 Å². The third kappa shape index (κ3) is 1.80. The van der Waals surface area contributed by atoms with Gasteiger partial charge in [-0.1, -0.05) is 24.3 Å². The van der Waals surface area contributed by atoms with Gasteiger partial charge in [0.2, 0.25) is 0 Å². The second-order valence-corrected chi connectivity index (χ2v) is 4.93. The number of pyridine rings is 1. The van der Waals surface area contributed by atoms with Crippen LogP contribution in [0.15, 0.2) is 36.7 Å². The number of nitrogens with zero attached hydrogens (tertiary/aromatic N) is 1. The predicted octanol–water partition coefficient (Wildman–Crippen LogP) is 2.62. The summed E-state index contributed by atoms with van der Waals surface area (Å²) in [5.41, 5.74) is 0.157. The number of benzene rings is 1. The highest BCUT2D eigenvalue weighted by Crippen LogP contribution is 2.44. The predicted molar refractivity (Wildman–Crippen MR) is 70.3 cm³/mol. The molecular weight excluding hydrogens is 226 g/mol. The standard InChI is InChI=1S/C15H17NO2/c1-2-18-12-7-15(17,8-12)14-10-16-9-11-5-3-4-6-13(11)14/h3-6,9-10,12,17H,2,7-8H2,1H3. The van der Waals surface area contributed by atoms with Crippen molar-refractivity contribution in [2.45, 2.75) is 31.5 Å². The van der Waals surface area contributed by atoms with Crippen molar-refractivity contribution < 1.29 is 9.84 Å². The van der Waals surface area contributed by atoms with Gasteiger partial charge in [-0.25, -0.2) is 0 Å². The molecule has 94 valence electrons. The summed E-state index contributed by atoms with van der Waals surface area (Å²) in [7, 11) is 0. The lowest BCUT2D eigenvalue weighted by atomic mass is 9.72. The van der Waals surface area contributed by atoms with E-state index in [4.69, 9.17) is 4.74 Å². The summed E-state index contributed by atoms with van der Waals surface area (Å²) >= 11 is 0. The SMILES string of the molecule is CCOC1CC(O)(c2cncc3ccccc23)C1. The summed E-state index contributed by atoms with van der Waals surface area (Å²) in [6, 6.07) is 8.04. The van der Waals surface area contributed by atoms with Crippen molar-refractivity contribution in [2.75, 3.05) is 6.61 Å². The molecule has 0 amide bonds. The lowest BCUT2D eigenvalue weighted by Crippen LogP contribution is -2.46. The van der Waals surface area contributed by atoms with Crippen LogP contribution in [0, 0.1) is 0 Å². The average molecular weight is 243 g/mol. The van der Waals surface area contributed by atoms with E-state index >= 15 is 0 Å². The molecule has 2 aromatic rings. The highest BCUT2D eigenvalue weighted by molar-refractivity contribution is 5.85. The van der Waals surface area contributed by atoms with E-state index in [1.807, 2.05) is 37.4 Å². The second-order valence-electron chi connectivity index (χ2n) is 4.93. The van der Waals surface area contributed by atoms with Crippen LogP contribution >= 0.6 is 0 Å². The summed E-state index contributed by atoms with van der Waals surface area (Å²) in [4.78, 5) is 4.23. The number of ether oxygens (including phenoxy) is 1. The number of hydrogen-bond donors (Lipinski definition) is 1. The Balaban J connectivity index is 1.96. The van der Waals surface area contributed by atoms with E-state index in [0.717, 1.165) is 16.3 Å². The first-order chi connectivity index (χ1) is 8.73. The maximum Gasteiger partial charge on any atom is 0.0966 e. The number of rotatable bonds is 3. The fourth-order valence-corrected chi connectivity index (χ4v) is 2.75. The Labute approximate surface area is 106 Å². The first kappa shape index (κ1) is 11.6. The number of hydrogen-bond acceptors (Lipinski definition) is 3. The normalized spacial score (nSPS) is 27.1. The Morgan fingerprint density at radius 1 is 1.33 bits per heavy atom. The molecule has 3 heteroatoms. The van der Waals surface area contributed by atoms with Crippen LogP contribution in [0.5, 0.6) is 0 Å². The van der Waals surface area contributed by atoms with Crippen LogP contribution in [-0.2, 0) is 10.3 Å². The lowest BCUT2D eigenvalue weighted by Gasteiger charge is -2.43. The zero-order chi connectivity index (χ0) is 12.6. The fourth-order valence-electron chi connectivity index (χ4n) is 2.75. The van der Waals surface area contributed by atoms with Gasteiger partial charge in [0.1, 0.15) is 0 Å². The molecule has 1 N–H and O–H groups in total. The van der Waals surface area contributed by atoms with Gasteiger partial charge in [-0.05, 0) is 12.3 Å². The Bertz CT molecular complexity index is 556. The monoisotopic (exact) mass is 243 g/mol. The summed E-state index contributed by atoms with van der Waals surface area (Å²) in [6.07, 6.45) is 5.12. The Kier molecular flexibility index (Phi) is 2.80. The zero-order valence-electron chi connectivity index (χ0n) is 10.5. The van der Waals surface area contributed by atoms with Crippen molar-refractivity contribution >= 4 is 10.8 Å². The summed E-state index contributed by atoms with van der Waals surface area (Å²) in [5.74, 6) is 0. The van der Waals surface area contributed by atoms with Crippen molar-refractivity contribution in [1.82, 2.24) is 4.98 Å². The molecule has 0 spiro atoms. The summed E-state index contributed by atoms with van der Waals surface area (Å²) in [6.45, 7) is 2.69. The van der Waals surface area contributed by atoms with Gasteiger partial charge < -0.3 is 9.84 Å². The van der Waals surface area contributed by atoms with Gasteiger partial charge in [0.25, 0.3) is 0 Å². The molecule has 3 nitrogen and oxygen atoms in total. The molecule has 0 radical (unpaired) electrons. The van der Waals surface area contributed by atoms with Crippen LogP contribution < -0.4 is 0 Å². The van der Waals surface area contributed by atoms with E-state index in [1.54, 1.807) is 6.20 Å². The molecule has 0 aliphatic heterocycles. The molecule has 0 bridgehead atoms. The molecule has 1 aliphatic rings. The van der Waals surface area contributed by atoms with E-state index in [-0.39, 0.29) is 6.10 Å². The largest absolute Gasteiger partial charge is 0.385 e. The lowest BCUT2D eigenvalue weighted by molar-refractivity contribution is -0.142. The molecule has 0 atom stereocenters. The molecular formula is C15H17NO2. The van der Waals surface area contributed by atoms with Gasteiger partial charge in [-0.2, -0.15) is 0 Å². The zero-order valence-corrected chi connectivity index (χ0v) is 10.5. The van der Waals surface area contributed by atoms with Crippen LogP contribution in [0.4, 0.5) is 0 Å². The quantitative estimate of drug-likeness (QED) is 0.901. The van der Waals surface area contributed by atoms with Crippen molar-refractivity contribution in [1.29, 1.82) is 0 Å². The van der Waals surface area contributed by atoms with Gasteiger partial charge >= 0.3 is 0 Å². The highest BCUT2D eigenvalue weighted by atomic mass is 16.5. The molecule has 1 saturated carbocycles. The van der Waals surface area contributed by atoms with Gasteiger partial charge in [0.15, 0.2) is 0 Å². The van der Waals surface area contributed by atoms with Crippen LogP contribution in [0.2, 0.25) is 0 Å². The van der Waals surface area contributed by atoms with Gasteiger partial charge in [0.05, 0.1) is 11.7 Å². The van der Waals surface area contributed by atoms with E-state index < -0.39 is 5.60 Å². The maximum absolute atomic E-state index is 10.7. The van der Waals surface area contributed by atoms with Gasteiger partial charge in [-0.3, -0.25) is 4.98 Å². The minimum absolute atomic E-state index is 0.180. The Morgan fingerprint density at radius 2 is 2.11 bits per heavy atom. The topological polar surface area (TPSA) is 42.4 Å². The fraction of sp³-hybridized carbons (Fsp3) is 0.400. The van der Waals surface area contributed by atoms with Crippen molar-refractivity contribution in [3.05, 3.63) is 42.2 Å². The third-order valence-electron chi connectivity index (χ3n) is 3.70. The molecule has 1 aromatic heterocycles. The highest BCUT2D eigenvalue weighted by Gasteiger charge is 2.45. The first-order valence-electron chi connectivity index (χ1n) is 6.40. The van der Waals surface area contributed by atoms with Crippen LogP contribution in [-0.4, -0.2) is 22.8 Å². The van der Waals surface area contributed by atoms with E-state index in [0.29, 0.717) is 19.4 Å². The molecule has 1 heterocycles. The van der Waals surface area contributed by atoms with Crippen molar-refractivity contribution in [3.63, 3.8) is 0 Å². The van der Waals surface area contributed by atoms with Gasteiger partial charge in [0, 0.05) is 42.8 Å². The summed E-state index contributed by atoms with van der Waals surface area (Å²) < 4.78 is 5.53.